The predicted octanol–water partition coefficient (Wildman–Crippen LogP) is 8.78. The third kappa shape index (κ3) is 14.9. The van der Waals surface area contributed by atoms with E-state index in [1.54, 1.807) is 12.1 Å². The van der Waals surface area contributed by atoms with Gasteiger partial charge in [0.05, 0.1) is 4.99 Å². The fourth-order valence-electron chi connectivity index (χ4n) is 3.60. The van der Waals surface area contributed by atoms with Crippen LogP contribution < -0.4 is 5.32 Å². The van der Waals surface area contributed by atoms with E-state index in [9.17, 15) is 5.11 Å². The van der Waals surface area contributed by atoms with Gasteiger partial charge >= 0.3 is 0 Å². The van der Waals surface area contributed by atoms with Crippen molar-refractivity contribution in [1.29, 1.82) is 0 Å². The molecule has 1 rings (SSSR count). The van der Waals surface area contributed by atoms with E-state index < -0.39 is 0 Å². The summed E-state index contributed by atoms with van der Waals surface area (Å²) in [7, 11) is 0. The molecule has 0 aliphatic carbocycles. The van der Waals surface area contributed by atoms with Crippen LogP contribution in [0.3, 0.4) is 0 Å². The summed E-state index contributed by atoms with van der Waals surface area (Å²) >= 11 is 5.40. The highest BCUT2D eigenvalue weighted by Gasteiger charge is 1.99. The Morgan fingerprint density at radius 1 is 0.679 bits per heavy atom. The Balaban J connectivity index is 1.79. The van der Waals surface area contributed by atoms with Gasteiger partial charge in [-0.15, -0.1) is 0 Å². The maximum atomic E-state index is 9.29. The molecule has 0 fully saturated rings. The molecule has 0 amide bonds. The second kappa shape index (κ2) is 18.0. The number of rotatable bonds is 18. The maximum Gasteiger partial charge on any atom is 0.115 e. The van der Waals surface area contributed by atoms with Gasteiger partial charge in [-0.25, -0.2) is 0 Å². The Hall–Kier alpha value is -1.09. The average molecular weight is 406 g/mol. The molecular formula is C25H43NOS. The van der Waals surface area contributed by atoms with Crippen LogP contribution in [0.1, 0.15) is 116 Å². The van der Waals surface area contributed by atoms with Crippen LogP contribution in [-0.4, -0.2) is 10.1 Å². The molecule has 2 nitrogen and oxygen atoms in total. The van der Waals surface area contributed by atoms with Crippen molar-refractivity contribution >= 4 is 22.9 Å². The van der Waals surface area contributed by atoms with E-state index in [4.69, 9.17) is 12.2 Å². The molecule has 0 saturated carbocycles. The van der Waals surface area contributed by atoms with Crippen LogP contribution in [0.2, 0.25) is 0 Å². The van der Waals surface area contributed by atoms with Gasteiger partial charge in [0.15, 0.2) is 0 Å². The van der Waals surface area contributed by atoms with Gasteiger partial charge in [-0.2, -0.15) is 0 Å². The molecule has 0 aliphatic rings. The number of hydrogen-bond donors (Lipinski definition) is 2. The van der Waals surface area contributed by atoms with Gasteiger partial charge < -0.3 is 10.4 Å². The van der Waals surface area contributed by atoms with Crippen LogP contribution in [0.4, 0.5) is 5.69 Å². The molecule has 1 aromatic carbocycles. The molecular weight excluding hydrogens is 362 g/mol. The fourth-order valence-corrected chi connectivity index (χ4v) is 3.86. The Bertz CT molecular complexity index is 486. The second-order valence-corrected chi connectivity index (χ2v) is 8.64. The molecule has 28 heavy (non-hydrogen) atoms. The van der Waals surface area contributed by atoms with E-state index >= 15 is 0 Å². The van der Waals surface area contributed by atoms with E-state index in [-0.39, 0.29) is 5.75 Å². The van der Waals surface area contributed by atoms with Gasteiger partial charge in [0.1, 0.15) is 5.75 Å². The number of anilines is 1. The van der Waals surface area contributed by atoms with Crippen molar-refractivity contribution in [3.05, 3.63) is 24.3 Å². The average Bonchev–Trinajstić information content (AvgIpc) is 2.69. The number of hydrogen-bond acceptors (Lipinski definition) is 2. The Morgan fingerprint density at radius 3 is 1.50 bits per heavy atom. The first-order chi connectivity index (χ1) is 13.7. The summed E-state index contributed by atoms with van der Waals surface area (Å²) in [4.78, 5) is 0.899. The van der Waals surface area contributed by atoms with Crippen molar-refractivity contribution in [3.63, 3.8) is 0 Å². The first-order valence-electron chi connectivity index (χ1n) is 11.8. The predicted molar refractivity (Wildman–Crippen MR) is 128 cm³/mol. The number of benzene rings is 1. The van der Waals surface area contributed by atoms with Crippen molar-refractivity contribution in [2.24, 2.45) is 0 Å². The van der Waals surface area contributed by atoms with Crippen molar-refractivity contribution in [2.45, 2.75) is 116 Å². The Labute approximate surface area is 179 Å². The normalized spacial score (nSPS) is 10.9. The smallest absolute Gasteiger partial charge is 0.115 e. The monoisotopic (exact) mass is 405 g/mol. The van der Waals surface area contributed by atoms with Gasteiger partial charge in [-0.05, 0) is 37.1 Å². The van der Waals surface area contributed by atoms with Crippen LogP contribution in [0, 0.1) is 0 Å². The molecule has 0 aliphatic heterocycles. The number of phenols is 1. The van der Waals surface area contributed by atoms with Crippen LogP contribution in [0.25, 0.3) is 0 Å². The first-order valence-corrected chi connectivity index (χ1v) is 12.2. The topological polar surface area (TPSA) is 32.3 Å². The molecule has 1 aromatic rings. The summed E-state index contributed by atoms with van der Waals surface area (Å²) in [6, 6.07) is 7.07. The lowest BCUT2D eigenvalue weighted by Gasteiger charge is -2.08. The minimum absolute atomic E-state index is 0.286. The first kappa shape index (κ1) is 24.9. The van der Waals surface area contributed by atoms with E-state index in [1.165, 1.54) is 103 Å². The molecule has 0 bridgehead atoms. The molecule has 0 aromatic heterocycles. The zero-order valence-electron chi connectivity index (χ0n) is 18.2. The number of phenolic OH excluding ortho intramolecular Hbond substituents is 1. The summed E-state index contributed by atoms with van der Waals surface area (Å²) in [6.45, 7) is 2.29. The van der Waals surface area contributed by atoms with E-state index in [0.29, 0.717) is 0 Å². The summed E-state index contributed by atoms with van der Waals surface area (Å²) in [6.07, 6.45) is 23.2. The molecule has 0 atom stereocenters. The second-order valence-electron chi connectivity index (χ2n) is 8.15. The number of thiocarbonyl (C=S) groups is 1. The highest BCUT2D eigenvalue weighted by atomic mass is 32.1. The van der Waals surface area contributed by atoms with Gasteiger partial charge in [-0.3, -0.25) is 0 Å². The largest absolute Gasteiger partial charge is 0.508 e. The Kier molecular flexibility index (Phi) is 16.0. The molecule has 0 unspecified atom stereocenters. The molecule has 0 saturated heterocycles. The summed E-state index contributed by atoms with van der Waals surface area (Å²) in [5.41, 5.74) is 0.958. The quantitative estimate of drug-likeness (QED) is 0.145. The van der Waals surface area contributed by atoms with Crippen molar-refractivity contribution in [3.8, 4) is 5.75 Å². The Morgan fingerprint density at radius 2 is 1.07 bits per heavy atom. The highest BCUT2D eigenvalue weighted by Crippen LogP contribution is 2.16. The summed E-state index contributed by atoms with van der Waals surface area (Å²) in [5.74, 6) is 0.286. The van der Waals surface area contributed by atoms with Gasteiger partial charge in [-0.1, -0.05) is 115 Å². The number of unbranched alkanes of at least 4 members (excludes halogenated alkanes) is 15. The summed E-state index contributed by atoms with van der Waals surface area (Å²) in [5, 5.41) is 12.5. The SMILES string of the molecule is CCCCCCCCCCCCCCCCCCC(=S)Nc1ccc(O)cc1. The van der Waals surface area contributed by atoms with Crippen molar-refractivity contribution < 1.29 is 5.11 Å². The van der Waals surface area contributed by atoms with Crippen LogP contribution in [0.15, 0.2) is 24.3 Å². The van der Waals surface area contributed by atoms with Crippen LogP contribution >= 0.6 is 12.2 Å². The fraction of sp³-hybridized carbons (Fsp3) is 0.720. The summed E-state index contributed by atoms with van der Waals surface area (Å²) < 4.78 is 0. The molecule has 0 spiro atoms. The number of aromatic hydroxyl groups is 1. The van der Waals surface area contributed by atoms with E-state index in [1.807, 2.05) is 12.1 Å². The molecule has 0 radical (unpaired) electrons. The van der Waals surface area contributed by atoms with Gasteiger partial charge in [0.2, 0.25) is 0 Å². The van der Waals surface area contributed by atoms with Crippen molar-refractivity contribution in [2.75, 3.05) is 5.32 Å². The lowest BCUT2D eigenvalue weighted by molar-refractivity contribution is 0.475. The van der Waals surface area contributed by atoms with Crippen LogP contribution in [0.5, 0.6) is 5.75 Å². The molecule has 3 heteroatoms. The van der Waals surface area contributed by atoms with E-state index in [0.717, 1.165) is 17.1 Å². The zero-order valence-corrected chi connectivity index (χ0v) is 19.0. The van der Waals surface area contributed by atoms with Gasteiger partial charge in [0.25, 0.3) is 0 Å². The van der Waals surface area contributed by atoms with Crippen LogP contribution in [-0.2, 0) is 0 Å². The lowest BCUT2D eigenvalue weighted by atomic mass is 10.0. The minimum Gasteiger partial charge on any atom is -0.508 e. The molecule has 0 heterocycles. The maximum absolute atomic E-state index is 9.29. The van der Waals surface area contributed by atoms with Crippen molar-refractivity contribution in [1.82, 2.24) is 0 Å². The molecule has 160 valence electrons. The minimum atomic E-state index is 0.286. The molecule has 2 N–H and O–H groups in total. The zero-order chi connectivity index (χ0) is 20.3. The number of nitrogens with one attached hydrogen (secondary N) is 1. The lowest BCUT2D eigenvalue weighted by Crippen LogP contribution is -2.08. The third-order valence-corrected chi connectivity index (χ3v) is 5.71. The third-order valence-electron chi connectivity index (χ3n) is 5.41. The standard InChI is InChI=1S/C25H43NOS/c1-2-3-4-5-6-7-8-9-10-11-12-13-14-15-16-17-18-25(28)26-23-19-21-24(27)22-20-23/h19-22,27H,2-18H2,1H3,(H,26,28). The highest BCUT2D eigenvalue weighted by molar-refractivity contribution is 7.80. The van der Waals surface area contributed by atoms with Gasteiger partial charge in [0, 0.05) is 5.69 Å². The van der Waals surface area contributed by atoms with E-state index in [2.05, 4.69) is 12.2 Å².